The first-order valence-electron chi connectivity index (χ1n) is 5.87. The number of thioether (sulfide) groups is 1. The molecule has 0 amide bonds. The molecule has 0 radical (unpaired) electrons. The van der Waals surface area contributed by atoms with Crippen LogP contribution in [0.1, 0.15) is 5.56 Å². The summed E-state index contributed by atoms with van der Waals surface area (Å²) in [6.45, 7) is 0. The summed E-state index contributed by atoms with van der Waals surface area (Å²) >= 11 is 6.59. The molecule has 1 unspecified atom stereocenters. The Morgan fingerprint density at radius 2 is 2.11 bits per heavy atom. The van der Waals surface area contributed by atoms with Crippen molar-refractivity contribution in [2.75, 3.05) is 6.26 Å². The van der Waals surface area contributed by atoms with E-state index in [9.17, 15) is 0 Å². The van der Waals surface area contributed by atoms with Gasteiger partial charge in [-0.25, -0.2) is 0 Å². The molecule has 0 spiro atoms. The van der Waals surface area contributed by atoms with E-state index in [0.29, 0.717) is 4.32 Å². The molecule has 3 nitrogen and oxygen atoms in total. The summed E-state index contributed by atoms with van der Waals surface area (Å²) in [5, 5.41) is 7.72. The Hall–Kier alpha value is -1.59. The molecule has 0 saturated heterocycles. The van der Waals surface area contributed by atoms with Crippen LogP contribution in [0.25, 0.3) is 0 Å². The molecule has 1 aromatic rings. The Labute approximate surface area is 122 Å². The summed E-state index contributed by atoms with van der Waals surface area (Å²) in [5.74, 6) is 0. The number of nitrogens with zero attached hydrogens (tertiary/aromatic N) is 1. The SMILES string of the molecule is CSC(=S)N/N=C(\c1ccccc1)C1C=CC=CN1. The third kappa shape index (κ3) is 3.94. The Bertz CT molecular complexity index is 521. The number of nitrogens with one attached hydrogen (secondary N) is 2. The number of rotatable bonds is 3. The summed E-state index contributed by atoms with van der Waals surface area (Å²) in [7, 11) is 0. The van der Waals surface area contributed by atoms with E-state index in [1.807, 2.05) is 54.9 Å². The van der Waals surface area contributed by atoms with Crippen LogP contribution >= 0.6 is 24.0 Å². The summed E-state index contributed by atoms with van der Waals surface area (Å²) < 4.78 is 0.656. The summed E-state index contributed by atoms with van der Waals surface area (Å²) in [6.07, 6.45) is 9.87. The maximum Gasteiger partial charge on any atom is 0.153 e. The van der Waals surface area contributed by atoms with Gasteiger partial charge >= 0.3 is 0 Å². The fourth-order valence-corrected chi connectivity index (χ4v) is 1.87. The Morgan fingerprint density at radius 3 is 2.74 bits per heavy atom. The van der Waals surface area contributed by atoms with E-state index < -0.39 is 0 Å². The van der Waals surface area contributed by atoms with Crippen molar-refractivity contribution in [2.45, 2.75) is 6.04 Å². The third-order valence-corrected chi connectivity index (χ3v) is 3.66. The van der Waals surface area contributed by atoms with Crippen LogP contribution in [0.3, 0.4) is 0 Å². The molecule has 98 valence electrons. The first-order valence-corrected chi connectivity index (χ1v) is 7.51. The van der Waals surface area contributed by atoms with Gasteiger partial charge in [0.1, 0.15) is 0 Å². The average molecular weight is 289 g/mol. The number of allylic oxidation sites excluding steroid dienone is 2. The molecule has 2 N–H and O–H groups in total. The van der Waals surface area contributed by atoms with Crippen LogP contribution in [0, 0.1) is 0 Å². The van der Waals surface area contributed by atoms with Gasteiger partial charge in [0.05, 0.1) is 11.8 Å². The quantitative estimate of drug-likeness (QED) is 0.509. The molecule has 0 fully saturated rings. The molecule has 19 heavy (non-hydrogen) atoms. The van der Waals surface area contributed by atoms with Gasteiger partial charge in [-0.15, -0.1) is 0 Å². The molecule has 0 bridgehead atoms. The molecule has 1 aliphatic heterocycles. The monoisotopic (exact) mass is 289 g/mol. The molecular formula is C14H15N3S2. The minimum atomic E-state index is 0.0459. The Morgan fingerprint density at radius 1 is 1.32 bits per heavy atom. The smallest absolute Gasteiger partial charge is 0.153 e. The zero-order chi connectivity index (χ0) is 13.5. The molecule has 1 aromatic carbocycles. The fraction of sp³-hybridized carbons (Fsp3) is 0.143. The van der Waals surface area contributed by atoms with Crippen molar-refractivity contribution in [3.05, 3.63) is 60.3 Å². The van der Waals surface area contributed by atoms with Gasteiger partial charge in [-0.05, 0) is 18.5 Å². The molecule has 1 aliphatic rings. The highest BCUT2D eigenvalue weighted by Gasteiger charge is 2.15. The molecule has 0 aromatic heterocycles. The van der Waals surface area contributed by atoms with Crippen LogP contribution in [-0.4, -0.2) is 22.3 Å². The molecule has 2 rings (SSSR count). The van der Waals surface area contributed by atoms with Crippen molar-refractivity contribution in [2.24, 2.45) is 5.10 Å². The number of hydrogen-bond acceptors (Lipinski definition) is 4. The Balaban J connectivity index is 2.25. The van der Waals surface area contributed by atoms with Gasteiger partial charge < -0.3 is 5.32 Å². The van der Waals surface area contributed by atoms with E-state index in [4.69, 9.17) is 12.2 Å². The molecule has 0 saturated carbocycles. The predicted octanol–water partition coefficient (Wildman–Crippen LogP) is 2.67. The van der Waals surface area contributed by atoms with Gasteiger partial charge in [0.25, 0.3) is 0 Å². The first kappa shape index (κ1) is 13.8. The van der Waals surface area contributed by atoms with E-state index >= 15 is 0 Å². The van der Waals surface area contributed by atoms with E-state index in [2.05, 4.69) is 21.9 Å². The number of dihydropyridines is 1. The minimum Gasteiger partial charge on any atom is -0.379 e. The maximum absolute atomic E-state index is 5.12. The highest BCUT2D eigenvalue weighted by atomic mass is 32.2. The van der Waals surface area contributed by atoms with Crippen molar-refractivity contribution in [1.29, 1.82) is 0 Å². The zero-order valence-electron chi connectivity index (χ0n) is 10.5. The molecule has 5 heteroatoms. The number of hydrazone groups is 1. The molecule has 1 heterocycles. The van der Waals surface area contributed by atoms with Crippen LogP contribution in [0.5, 0.6) is 0 Å². The van der Waals surface area contributed by atoms with Crippen LogP contribution in [0.2, 0.25) is 0 Å². The van der Waals surface area contributed by atoms with Crippen LogP contribution in [0.15, 0.2) is 59.9 Å². The van der Waals surface area contributed by atoms with Crippen molar-refractivity contribution >= 4 is 34.0 Å². The van der Waals surface area contributed by atoms with Gasteiger partial charge in [-0.1, -0.05) is 66.5 Å². The predicted molar refractivity (Wildman–Crippen MR) is 87.4 cm³/mol. The zero-order valence-corrected chi connectivity index (χ0v) is 12.2. The van der Waals surface area contributed by atoms with Crippen molar-refractivity contribution in [1.82, 2.24) is 10.7 Å². The summed E-state index contributed by atoms with van der Waals surface area (Å²) in [6, 6.07) is 10.1. The van der Waals surface area contributed by atoms with Gasteiger partial charge in [-0.3, -0.25) is 5.43 Å². The number of benzene rings is 1. The van der Waals surface area contributed by atoms with Crippen molar-refractivity contribution < 1.29 is 0 Å². The lowest BCUT2D eigenvalue weighted by Gasteiger charge is -2.18. The second kappa shape index (κ2) is 7.11. The van der Waals surface area contributed by atoms with Gasteiger partial charge in [0.15, 0.2) is 4.32 Å². The molecule has 0 aliphatic carbocycles. The topological polar surface area (TPSA) is 36.4 Å². The van der Waals surface area contributed by atoms with Gasteiger partial charge in [0.2, 0.25) is 0 Å². The summed E-state index contributed by atoms with van der Waals surface area (Å²) in [4.78, 5) is 0. The van der Waals surface area contributed by atoms with Gasteiger partial charge in [0, 0.05) is 5.56 Å². The minimum absolute atomic E-state index is 0.0459. The van der Waals surface area contributed by atoms with E-state index in [1.165, 1.54) is 11.8 Å². The first-order chi connectivity index (χ1) is 9.31. The maximum atomic E-state index is 5.12. The third-order valence-electron chi connectivity index (χ3n) is 2.60. The second-order valence-electron chi connectivity index (χ2n) is 3.85. The van der Waals surface area contributed by atoms with Crippen molar-refractivity contribution in [3.63, 3.8) is 0 Å². The largest absolute Gasteiger partial charge is 0.379 e. The summed E-state index contributed by atoms with van der Waals surface area (Å²) in [5.41, 5.74) is 4.89. The average Bonchev–Trinajstić information content (AvgIpc) is 2.49. The van der Waals surface area contributed by atoms with Crippen LogP contribution in [-0.2, 0) is 0 Å². The molecule has 1 atom stereocenters. The van der Waals surface area contributed by atoms with E-state index in [-0.39, 0.29) is 6.04 Å². The van der Waals surface area contributed by atoms with E-state index in [1.54, 1.807) is 0 Å². The normalized spacial score (nSPS) is 17.9. The lowest BCUT2D eigenvalue weighted by atomic mass is 10.0. The second-order valence-corrected chi connectivity index (χ2v) is 5.34. The molecular weight excluding hydrogens is 274 g/mol. The standard InChI is InChI=1S/C14H15N3S2/c1-19-14(18)17-16-13(11-7-3-2-4-8-11)12-9-5-6-10-15-12/h2-10,12,15H,1H3,(H,17,18)/b16-13+. The van der Waals surface area contributed by atoms with Crippen LogP contribution in [0.4, 0.5) is 0 Å². The highest BCUT2D eigenvalue weighted by Crippen LogP contribution is 2.08. The van der Waals surface area contributed by atoms with E-state index in [0.717, 1.165) is 11.3 Å². The number of thiocarbonyl (C=S) groups is 1. The highest BCUT2D eigenvalue weighted by molar-refractivity contribution is 8.22. The fourth-order valence-electron chi connectivity index (χ4n) is 1.69. The Kier molecular flexibility index (Phi) is 5.18. The number of hydrogen-bond donors (Lipinski definition) is 2. The van der Waals surface area contributed by atoms with Gasteiger partial charge in [-0.2, -0.15) is 5.10 Å². The lowest BCUT2D eigenvalue weighted by molar-refractivity contribution is 0.851. The lowest BCUT2D eigenvalue weighted by Crippen LogP contribution is -2.35. The van der Waals surface area contributed by atoms with Crippen LogP contribution < -0.4 is 10.7 Å². The van der Waals surface area contributed by atoms with Crippen molar-refractivity contribution in [3.8, 4) is 0 Å².